The van der Waals surface area contributed by atoms with E-state index in [1.165, 1.54) is 64.2 Å². The van der Waals surface area contributed by atoms with Crippen molar-refractivity contribution in [2.75, 3.05) is 0 Å². The molecular formula is C17H32. The van der Waals surface area contributed by atoms with Crippen LogP contribution in [0.5, 0.6) is 0 Å². The third kappa shape index (κ3) is 15.5. The van der Waals surface area contributed by atoms with Crippen LogP contribution in [0.25, 0.3) is 0 Å². The Morgan fingerprint density at radius 3 is 1.71 bits per heavy atom. The van der Waals surface area contributed by atoms with Crippen LogP contribution in [-0.2, 0) is 0 Å². The maximum absolute atomic E-state index is 2.35. The molecule has 0 aromatic carbocycles. The minimum atomic E-state index is 1.12. The van der Waals surface area contributed by atoms with Gasteiger partial charge in [0.25, 0.3) is 0 Å². The average Bonchev–Trinajstić information content (AvgIpc) is 2.35. The minimum absolute atomic E-state index is 1.12. The molecule has 17 heavy (non-hydrogen) atoms. The number of hydrogen-bond donors (Lipinski definition) is 0. The van der Waals surface area contributed by atoms with E-state index in [0.717, 1.165) is 6.42 Å². The van der Waals surface area contributed by atoms with Gasteiger partial charge in [0.1, 0.15) is 0 Å². The Morgan fingerprint density at radius 2 is 1.06 bits per heavy atom. The predicted molar refractivity (Wildman–Crippen MR) is 80.4 cm³/mol. The number of allylic oxidation sites excluding steroid dienone is 4. The molecule has 0 spiro atoms. The highest BCUT2D eigenvalue weighted by molar-refractivity contribution is 4.92. The molecule has 0 N–H and O–H groups in total. The van der Waals surface area contributed by atoms with E-state index >= 15 is 0 Å². The van der Waals surface area contributed by atoms with Crippen LogP contribution in [-0.4, -0.2) is 0 Å². The van der Waals surface area contributed by atoms with Crippen molar-refractivity contribution in [3.05, 3.63) is 24.3 Å². The number of hydrogen-bond acceptors (Lipinski definition) is 0. The van der Waals surface area contributed by atoms with Crippen molar-refractivity contribution in [2.24, 2.45) is 0 Å². The van der Waals surface area contributed by atoms with Crippen LogP contribution in [0.2, 0.25) is 0 Å². The highest BCUT2D eigenvalue weighted by Gasteiger charge is 1.87. The largest absolute Gasteiger partial charge is 0.0882 e. The van der Waals surface area contributed by atoms with Crippen LogP contribution in [0.1, 0.15) is 84.5 Å². The second-order valence-corrected chi connectivity index (χ2v) is 4.88. The minimum Gasteiger partial charge on any atom is -0.0882 e. The third-order valence-electron chi connectivity index (χ3n) is 3.05. The van der Waals surface area contributed by atoms with Crippen LogP contribution in [0.15, 0.2) is 24.3 Å². The van der Waals surface area contributed by atoms with Crippen molar-refractivity contribution < 1.29 is 0 Å². The Bertz CT molecular complexity index is 176. The fraction of sp³-hybridized carbons (Fsp3) is 0.765. The molecule has 0 heteroatoms. The Morgan fingerprint density at radius 1 is 0.529 bits per heavy atom. The highest BCUT2D eigenvalue weighted by atomic mass is 13.9. The first kappa shape index (κ1) is 16.5. The summed E-state index contributed by atoms with van der Waals surface area (Å²) in [4.78, 5) is 0. The van der Waals surface area contributed by atoms with E-state index < -0.39 is 0 Å². The summed E-state index contributed by atoms with van der Waals surface area (Å²) in [5.74, 6) is 0. The molecule has 0 fully saturated rings. The zero-order chi connectivity index (χ0) is 12.6. The predicted octanol–water partition coefficient (Wildman–Crippen LogP) is 6.43. The van der Waals surface area contributed by atoms with Crippen LogP contribution in [0, 0.1) is 0 Å². The van der Waals surface area contributed by atoms with E-state index in [0.29, 0.717) is 0 Å². The lowest BCUT2D eigenvalue weighted by Gasteiger charge is -1.97. The molecule has 0 rings (SSSR count). The van der Waals surface area contributed by atoms with Crippen molar-refractivity contribution in [3.63, 3.8) is 0 Å². The molecule has 0 unspecified atom stereocenters. The van der Waals surface area contributed by atoms with Crippen molar-refractivity contribution in [1.29, 1.82) is 0 Å². The van der Waals surface area contributed by atoms with Gasteiger partial charge < -0.3 is 0 Å². The van der Waals surface area contributed by atoms with Crippen molar-refractivity contribution in [1.82, 2.24) is 0 Å². The highest BCUT2D eigenvalue weighted by Crippen LogP contribution is 2.07. The van der Waals surface area contributed by atoms with Gasteiger partial charge in [-0.25, -0.2) is 0 Å². The molecule has 0 aliphatic heterocycles. The number of rotatable bonds is 12. The lowest BCUT2D eigenvalue weighted by Crippen LogP contribution is -1.77. The average molecular weight is 236 g/mol. The van der Waals surface area contributed by atoms with Crippen LogP contribution in [0.4, 0.5) is 0 Å². The van der Waals surface area contributed by atoms with Gasteiger partial charge >= 0.3 is 0 Å². The van der Waals surface area contributed by atoms with Gasteiger partial charge in [-0.3, -0.25) is 0 Å². The molecule has 0 saturated heterocycles. The summed E-state index contributed by atoms with van der Waals surface area (Å²) in [6.07, 6.45) is 24.0. The Balaban J connectivity index is 3.11. The van der Waals surface area contributed by atoms with E-state index in [1.54, 1.807) is 0 Å². The van der Waals surface area contributed by atoms with Gasteiger partial charge in [0.05, 0.1) is 0 Å². The fourth-order valence-electron chi connectivity index (χ4n) is 1.87. The molecule has 0 heterocycles. The van der Waals surface area contributed by atoms with Crippen molar-refractivity contribution >= 4 is 0 Å². The van der Waals surface area contributed by atoms with Crippen LogP contribution >= 0.6 is 0 Å². The summed E-state index contributed by atoms with van der Waals surface area (Å²) < 4.78 is 0. The zero-order valence-electron chi connectivity index (χ0n) is 12.1. The van der Waals surface area contributed by atoms with Gasteiger partial charge in [-0.1, -0.05) is 83.1 Å². The molecule has 0 aromatic heterocycles. The topological polar surface area (TPSA) is 0 Å². The molecule has 0 radical (unpaired) electrons. The monoisotopic (exact) mass is 236 g/mol. The van der Waals surface area contributed by atoms with Crippen LogP contribution in [0.3, 0.4) is 0 Å². The summed E-state index contributed by atoms with van der Waals surface area (Å²) in [5.41, 5.74) is 0. The SMILES string of the molecule is CCCCC=CCC=CCCCCCCCC. The first-order valence-electron chi connectivity index (χ1n) is 7.71. The van der Waals surface area contributed by atoms with Gasteiger partial charge in [0, 0.05) is 0 Å². The van der Waals surface area contributed by atoms with E-state index in [4.69, 9.17) is 0 Å². The number of unbranched alkanes of at least 4 members (excludes halogenated alkanes) is 8. The summed E-state index contributed by atoms with van der Waals surface area (Å²) >= 11 is 0. The van der Waals surface area contributed by atoms with E-state index in [2.05, 4.69) is 38.2 Å². The fourth-order valence-corrected chi connectivity index (χ4v) is 1.87. The van der Waals surface area contributed by atoms with Gasteiger partial charge in [-0.15, -0.1) is 0 Å². The molecule has 0 nitrogen and oxygen atoms in total. The summed E-state index contributed by atoms with van der Waals surface area (Å²) in [7, 11) is 0. The molecule has 0 aliphatic carbocycles. The van der Waals surface area contributed by atoms with E-state index in [9.17, 15) is 0 Å². The smallest absolute Gasteiger partial charge is 0.0169 e. The van der Waals surface area contributed by atoms with Crippen molar-refractivity contribution in [2.45, 2.75) is 84.5 Å². The van der Waals surface area contributed by atoms with Crippen molar-refractivity contribution in [3.8, 4) is 0 Å². The van der Waals surface area contributed by atoms with Gasteiger partial charge in [0.2, 0.25) is 0 Å². The summed E-state index contributed by atoms with van der Waals surface area (Å²) in [6.45, 7) is 4.52. The van der Waals surface area contributed by atoms with Gasteiger partial charge in [-0.05, 0) is 25.7 Å². The quantitative estimate of drug-likeness (QED) is 0.270. The zero-order valence-corrected chi connectivity index (χ0v) is 12.1. The molecule has 0 saturated carbocycles. The normalized spacial score (nSPS) is 11.9. The standard InChI is InChI=1S/C17H32/c1-3-5-7-9-11-13-15-17-16-14-12-10-8-6-4-2/h9,11,15,17H,3-8,10,12-14,16H2,1-2H3. The second-order valence-electron chi connectivity index (χ2n) is 4.88. The lowest BCUT2D eigenvalue weighted by atomic mass is 10.1. The molecular weight excluding hydrogens is 204 g/mol. The maximum atomic E-state index is 2.35. The van der Waals surface area contributed by atoms with Gasteiger partial charge in [0.15, 0.2) is 0 Å². The first-order chi connectivity index (χ1) is 8.41. The molecule has 100 valence electrons. The van der Waals surface area contributed by atoms with Crippen LogP contribution < -0.4 is 0 Å². The molecule has 0 amide bonds. The molecule has 0 bridgehead atoms. The molecule has 0 atom stereocenters. The first-order valence-corrected chi connectivity index (χ1v) is 7.71. The van der Waals surface area contributed by atoms with E-state index in [1.807, 2.05) is 0 Å². The Hall–Kier alpha value is -0.520. The maximum Gasteiger partial charge on any atom is -0.0169 e. The summed E-state index contributed by atoms with van der Waals surface area (Å²) in [5, 5.41) is 0. The Kier molecular flexibility index (Phi) is 15.0. The molecule has 0 aliphatic rings. The Labute approximate surface area is 109 Å². The molecule has 0 aromatic rings. The second kappa shape index (κ2) is 15.5. The lowest BCUT2D eigenvalue weighted by molar-refractivity contribution is 0.611. The summed E-state index contributed by atoms with van der Waals surface area (Å²) in [6, 6.07) is 0. The van der Waals surface area contributed by atoms with E-state index in [-0.39, 0.29) is 0 Å². The third-order valence-corrected chi connectivity index (χ3v) is 3.05. The van der Waals surface area contributed by atoms with Gasteiger partial charge in [-0.2, -0.15) is 0 Å².